The Hall–Kier alpha value is -0.940. The topological polar surface area (TPSA) is 64.9 Å². The van der Waals surface area contributed by atoms with Gasteiger partial charge in [-0.3, -0.25) is 4.79 Å². The Morgan fingerprint density at radius 2 is 2.50 bits per heavy atom. The molecule has 0 saturated carbocycles. The van der Waals surface area contributed by atoms with Crippen molar-refractivity contribution in [2.24, 2.45) is 5.10 Å². The van der Waals surface area contributed by atoms with Gasteiger partial charge < -0.3 is 5.21 Å². The van der Waals surface area contributed by atoms with Gasteiger partial charge in [0.2, 0.25) is 0 Å². The first-order valence-corrected chi connectivity index (χ1v) is 2.85. The summed E-state index contributed by atoms with van der Waals surface area (Å²) in [4.78, 5) is 11.0. The molecule has 1 rings (SSSR count). The van der Waals surface area contributed by atoms with Crippen LogP contribution in [0.15, 0.2) is 5.10 Å². The second kappa shape index (κ2) is 2.03. The number of hydrogen-bond donors (Lipinski definition) is 2. The van der Waals surface area contributed by atoms with E-state index in [-0.39, 0.29) is 5.91 Å². The number of carbonyl (C=O) groups excluding carboxylic acids is 1. The molecule has 0 aromatic rings. The normalized spacial score (nSPS) is 31.9. The smallest absolute Gasteiger partial charge is 0.270 e. The highest BCUT2D eigenvalue weighted by atomic mass is 16.5. The first-order chi connectivity index (χ1) is 4.60. The molecular formula is C5H9N3O2. The highest BCUT2D eigenvalue weighted by Crippen LogP contribution is 2.10. The van der Waals surface area contributed by atoms with Crippen molar-refractivity contribution < 1.29 is 10.0 Å². The van der Waals surface area contributed by atoms with Crippen LogP contribution in [0.25, 0.3) is 0 Å². The van der Waals surface area contributed by atoms with Crippen LogP contribution in [0.4, 0.5) is 0 Å². The maximum Gasteiger partial charge on any atom is 0.270 e. The molecule has 0 fully saturated rings. The molecule has 1 heterocycles. The van der Waals surface area contributed by atoms with Gasteiger partial charge in [-0.25, -0.2) is 5.01 Å². The van der Waals surface area contributed by atoms with Gasteiger partial charge in [0.25, 0.3) is 5.91 Å². The summed E-state index contributed by atoms with van der Waals surface area (Å²) in [6, 6.07) is 0. The number of nitrogens with one attached hydrogen (secondary N) is 1. The summed E-state index contributed by atoms with van der Waals surface area (Å²) >= 11 is 0. The first-order valence-electron chi connectivity index (χ1n) is 2.85. The summed E-state index contributed by atoms with van der Waals surface area (Å²) in [6.45, 7) is 1.54. The number of amides is 1. The average Bonchev–Trinajstić information content (AvgIpc) is 2.19. The zero-order chi connectivity index (χ0) is 7.78. The van der Waals surface area contributed by atoms with Crippen LogP contribution < -0.4 is 5.48 Å². The van der Waals surface area contributed by atoms with Crippen LogP contribution in [0.1, 0.15) is 6.92 Å². The Bertz CT molecular complexity index is 191. The molecule has 0 aromatic heterocycles. The third-order valence-corrected chi connectivity index (χ3v) is 1.46. The van der Waals surface area contributed by atoms with E-state index in [4.69, 9.17) is 5.21 Å². The predicted octanol–water partition coefficient (Wildman–Crippen LogP) is -0.818. The zero-order valence-electron chi connectivity index (χ0n) is 5.83. The highest BCUT2D eigenvalue weighted by Gasteiger charge is 2.38. The van der Waals surface area contributed by atoms with E-state index in [1.54, 1.807) is 6.92 Å². The fourth-order valence-electron chi connectivity index (χ4n) is 0.723. The predicted molar refractivity (Wildman–Crippen MR) is 34.6 cm³/mol. The molecular weight excluding hydrogens is 134 g/mol. The van der Waals surface area contributed by atoms with Crippen molar-refractivity contribution in [2.75, 3.05) is 7.05 Å². The lowest BCUT2D eigenvalue weighted by Gasteiger charge is -2.16. The maximum absolute atomic E-state index is 11.0. The number of hydrazone groups is 1. The lowest BCUT2D eigenvalue weighted by Crippen LogP contribution is -2.49. The lowest BCUT2D eigenvalue weighted by atomic mass is 10.1. The lowest BCUT2D eigenvalue weighted by molar-refractivity contribution is -0.134. The molecule has 1 aliphatic rings. The van der Waals surface area contributed by atoms with Gasteiger partial charge >= 0.3 is 0 Å². The second-order valence-corrected chi connectivity index (χ2v) is 2.39. The van der Waals surface area contributed by atoms with Crippen LogP contribution in [0.5, 0.6) is 0 Å². The van der Waals surface area contributed by atoms with Gasteiger partial charge in [0, 0.05) is 7.05 Å². The molecule has 1 aliphatic heterocycles. The molecule has 0 bridgehead atoms. The molecule has 5 heteroatoms. The molecule has 1 atom stereocenters. The SMILES string of the molecule is CN1N=CC(C)(NO)C1=O. The fourth-order valence-corrected chi connectivity index (χ4v) is 0.723. The van der Waals surface area contributed by atoms with Gasteiger partial charge in [0.15, 0.2) is 5.54 Å². The van der Waals surface area contributed by atoms with Crippen molar-refractivity contribution in [3.63, 3.8) is 0 Å². The molecule has 56 valence electrons. The fraction of sp³-hybridized carbons (Fsp3) is 0.600. The molecule has 10 heavy (non-hydrogen) atoms. The monoisotopic (exact) mass is 143 g/mol. The summed E-state index contributed by atoms with van der Waals surface area (Å²) in [5, 5.41) is 13.4. The summed E-state index contributed by atoms with van der Waals surface area (Å²) in [5.41, 5.74) is 0.847. The van der Waals surface area contributed by atoms with E-state index in [9.17, 15) is 4.79 Å². The Morgan fingerprint density at radius 3 is 2.70 bits per heavy atom. The van der Waals surface area contributed by atoms with Crippen LogP contribution in [-0.2, 0) is 4.79 Å². The van der Waals surface area contributed by atoms with Gasteiger partial charge in [0.05, 0.1) is 6.21 Å². The number of nitrogens with zero attached hydrogens (tertiary/aromatic N) is 2. The Kier molecular flexibility index (Phi) is 1.46. The van der Waals surface area contributed by atoms with Crippen LogP contribution in [0, 0.1) is 0 Å². The molecule has 0 aromatic carbocycles. The van der Waals surface area contributed by atoms with Crippen molar-refractivity contribution in [3.8, 4) is 0 Å². The molecule has 5 nitrogen and oxygen atoms in total. The maximum atomic E-state index is 11.0. The van der Waals surface area contributed by atoms with E-state index >= 15 is 0 Å². The molecule has 0 spiro atoms. The minimum atomic E-state index is -1.03. The van der Waals surface area contributed by atoms with Crippen LogP contribution >= 0.6 is 0 Å². The molecule has 2 N–H and O–H groups in total. The third-order valence-electron chi connectivity index (χ3n) is 1.46. The van der Waals surface area contributed by atoms with Crippen LogP contribution in [0.2, 0.25) is 0 Å². The molecule has 1 unspecified atom stereocenters. The van der Waals surface area contributed by atoms with E-state index in [0.29, 0.717) is 0 Å². The van der Waals surface area contributed by atoms with Gasteiger partial charge in [0.1, 0.15) is 0 Å². The number of rotatable bonds is 1. The van der Waals surface area contributed by atoms with Gasteiger partial charge in [-0.05, 0) is 6.92 Å². The quantitative estimate of drug-likeness (QED) is 0.471. The summed E-state index contributed by atoms with van der Waals surface area (Å²) in [6.07, 6.45) is 1.36. The van der Waals surface area contributed by atoms with Crippen molar-refractivity contribution in [2.45, 2.75) is 12.5 Å². The van der Waals surface area contributed by atoms with Gasteiger partial charge in [-0.15, -0.1) is 0 Å². The largest absolute Gasteiger partial charge is 0.315 e. The van der Waals surface area contributed by atoms with Gasteiger partial charge in [-0.2, -0.15) is 10.6 Å². The van der Waals surface area contributed by atoms with Crippen LogP contribution in [0.3, 0.4) is 0 Å². The van der Waals surface area contributed by atoms with Crippen molar-refractivity contribution >= 4 is 12.1 Å². The first kappa shape index (κ1) is 7.17. The number of carbonyl (C=O) groups is 1. The van der Waals surface area contributed by atoms with Crippen molar-refractivity contribution in [1.82, 2.24) is 10.5 Å². The highest BCUT2D eigenvalue weighted by molar-refractivity contribution is 6.05. The number of hydrogen-bond acceptors (Lipinski definition) is 4. The summed E-state index contributed by atoms with van der Waals surface area (Å²) in [5.74, 6) is -0.269. The van der Waals surface area contributed by atoms with E-state index < -0.39 is 5.54 Å². The summed E-state index contributed by atoms with van der Waals surface area (Å²) in [7, 11) is 1.53. The number of likely N-dealkylation sites (N-methyl/N-ethyl adjacent to an activating group) is 1. The summed E-state index contributed by atoms with van der Waals surface area (Å²) < 4.78 is 0. The van der Waals surface area contributed by atoms with E-state index in [2.05, 4.69) is 5.10 Å². The molecule has 1 amide bonds. The van der Waals surface area contributed by atoms with Gasteiger partial charge in [-0.1, -0.05) is 0 Å². The second-order valence-electron chi connectivity index (χ2n) is 2.39. The van der Waals surface area contributed by atoms with Crippen molar-refractivity contribution in [1.29, 1.82) is 0 Å². The Morgan fingerprint density at radius 1 is 1.90 bits per heavy atom. The molecule has 0 radical (unpaired) electrons. The Labute approximate surface area is 58.3 Å². The third kappa shape index (κ3) is 0.795. The van der Waals surface area contributed by atoms with E-state index in [1.165, 1.54) is 18.3 Å². The zero-order valence-corrected chi connectivity index (χ0v) is 5.83. The van der Waals surface area contributed by atoms with E-state index in [1.807, 2.05) is 5.48 Å². The van der Waals surface area contributed by atoms with Crippen LogP contribution in [-0.4, -0.2) is 34.9 Å². The average molecular weight is 143 g/mol. The minimum absolute atomic E-state index is 0.269. The van der Waals surface area contributed by atoms with Crippen molar-refractivity contribution in [3.05, 3.63) is 0 Å². The minimum Gasteiger partial charge on any atom is -0.315 e. The van der Waals surface area contributed by atoms with E-state index in [0.717, 1.165) is 0 Å². The standard InChI is InChI=1S/C5H9N3O2/c1-5(7-10)3-6-8(2)4(5)9/h3,7,10H,1-2H3. The molecule has 0 saturated heterocycles. The molecule has 0 aliphatic carbocycles. The number of hydroxylamine groups is 1. The Balaban J connectivity index is 2.84.